The Hall–Kier alpha value is -2.90. The van der Waals surface area contributed by atoms with E-state index >= 15 is 0 Å². The number of fused-ring (bicyclic) bond motifs is 1. The molecule has 0 atom stereocenters. The molecule has 1 aliphatic carbocycles. The van der Waals surface area contributed by atoms with E-state index < -0.39 is 29.0 Å². The Morgan fingerprint density at radius 3 is 2.55 bits per heavy atom. The fourth-order valence-corrected chi connectivity index (χ4v) is 3.74. The van der Waals surface area contributed by atoms with Crippen molar-refractivity contribution in [3.63, 3.8) is 0 Å². The number of halogens is 4. The highest BCUT2D eigenvalue weighted by atomic mass is 19.4. The number of anilines is 1. The number of carbonyl (C=O) groups is 1. The molecule has 4 nitrogen and oxygen atoms in total. The van der Waals surface area contributed by atoms with Gasteiger partial charge < -0.3 is 5.32 Å². The first-order valence-electron chi connectivity index (χ1n) is 9.48. The third-order valence-corrected chi connectivity index (χ3v) is 5.22. The molecule has 0 unspecified atom stereocenters. The zero-order valence-corrected chi connectivity index (χ0v) is 15.5. The number of rotatable bonds is 3. The first-order chi connectivity index (χ1) is 13.8. The molecule has 2 aromatic carbocycles. The van der Waals surface area contributed by atoms with Crippen LogP contribution < -0.4 is 5.32 Å². The van der Waals surface area contributed by atoms with E-state index in [4.69, 9.17) is 0 Å². The molecule has 0 saturated heterocycles. The van der Waals surface area contributed by atoms with Crippen molar-refractivity contribution in [2.24, 2.45) is 0 Å². The fraction of sp³-hybridized carbons (Fsp3) is 0.333. The average Bonchev–Trinajstić information content (AvgIpc) is 3.11. The minimum absolute atomic E-state index is 0.363. The van der Waals surface area contributed by atoms with Gasteiger partial charge in [-0.2, -0.15) is 18.3 Å². The smallest absolute Gasteiger partial charge is 0.322 e. The van der Waals surface area contributed by atoms with Crippen LogP contribution in [-0.2, 0) is 6.18 Å². The molecule has 1 N–H and O–H groups in total. The molecular weight excluding hydrogens is 386 g/mol. The fourth-order valence-electron chi connectivity index (χ4n) is 3.74. The highest BCUT2D eigenvalue weighted by Gasteiger charge is 2.32. The van der Waals surface area contributed by atoms with Crippen LogP contribution in [0.1, 0.15) is 54.1 Å². The van der Waals surface area contributed by atoms with Gasteiger partial charge in [-0.05, 0) is 49.2 Å². The Morgan fingerprint density at radius 1 is 1.07 bits per heavy atom. The van der Waals surface area contributed by atoms with Crippen LogP contribution in [0.4, 0.5) is 23.2 Å². The largest absolute Gasteiger partial charge is 0.416 e. The van der Waals surface area contributed by atoms with Gasteiger partial charge in [-0.25, -0.2) is 4.39 Å². The summed E-state index contributed by atoms with van der Waals surface area (Å²) in [5, 5.41) is 7.95. The maximum Gasteiger partial charge on any atom is 0.416 e. The lowest BCUT2D eigenvalue weighted by Crippen LogP contribution is -2.14. The monoisotopic (exact) mass is 405 g/mol. The van der Waals surface area contributed by atoms with Gasteiger partial charge in [0.15, 0.2) is 0 Å². The van der Waals surface area contributed by atoms with E-state index in [1.807, 2.05) is 10.9 Å². The minimum Gasteiger partial charge on any atom is -0.322 e. The van der Waals surface area contributed by atoms with Gasteiger partial charge in [0.1, 0.15) is 5.82 Å². The molecule has 4 rings (SSSR count). The second-order valence-corrected chi connectivity index (χ2v) is 7.36. The van der Waals surface area contributed by atoms with Crippen LogP contribution >= 0.6 is 0 Å². The number of nitrogens with one attached hydrogen (secondary N) is 1. The van der Waals surface area contributed by atoms with Crippen LogP contribution in [0.2, 0.25) is 0 Å². The van der Waals surface area contributed by atoms with Gasteiger partial charge >= 0.3 is 6.18 Å². The zero-order chi connectivity index (χ0) is 20.6. The van der Waals surface area contributed by atoms with Crippen molar-refractivity contribution >= 4 is 22.5 Å². The molecule has 1 amide bonds. The summed E-state index contributed by atoms with van der Waals surface area (Å²) in [7, 11) is 0. The maximum absolute atomic E-state index is 13.6. The van der Waals surface area contributed by atoms with E-state index in [0.29, 0.717) is 23.9 Å². The summed E-state index contributed by atoms with van der Waals surface area (Å²) in [6.07, 6.45) is 2.95. The Kier molecular flexibility index (Phi) is 5.02. The van der Waals surface area contributed by atoms with Crippen LogP contribution in [0.15, 0.2) is 42.6 Å². The number of aromatic nitrogens is 2. The minimum atomic E-state index is -4.73. The van der Waals surface area contributed by atoms with E-state index in [9.17, 15) is 22.4 Å². The molecule has 0 spiro atoms. The van der Waals surface area contributed by atoms with Gasteiger partial charge in [-0.1, -0.05) is 19.3 Å². The number of benzene rings is 2. The molecular formula is C21H19F4N3O. The third kappa shape index (κ3) is 4.26. The second-order valence-electron chi connectivity index (χ2n) is 7.36. The lowest BCUT2D eigenvalue weighted by atomic mass is 9.96. The van der Waals surface area contributed by atoms with Gasteiger partial charge in [-0.15, -0.1) is 0 Å². The quantitative estimate of drug-likeness (QED) is 0.547. The highest BCUT2D eigenvalue weighted by Crippen LogP contribution is 2.31. The summed E-state index contributed by atoms with van der Waals surface area (Å²) in [6.45, 7) is 0. The summed E-state index contributed by atoms with van der Waals surface area (Å²) in [5.74, 6) is -1.93. The Balaban J connectivity index is 1.56. The molecule has 1 saturated carbocycles. The first-order valence-corrected chi connectivity index (χ1v) is 9.48. The van der Waals surface area contributed by atoms with Crippen molar-refractivity contribution in [1.29, 1.82) is 0 Å². The Bertz CT molecular complexity index is 1050. The first kappa shape index (κ1) is 19.4. The normalized spacial score (nSPS) is 15.6. The molecule has 29 heavy (non-hydrogen) atoms. The third-order valence-electron chi connectivity index (χ3n) is 5.22. The SMILES string of the molecule is O=C(Nc1ccc2nn(C3CCCCC3)cc2c1)c1cc(F)cc(C(F)(F)F)c1. The number of nitrogens with zero attached hydrogens (tertiary/aromatic N) is 2. The summed E-state index contributed by atoms with van der Waals surface area (Å²) in [6, 6.07) is 7.23. The van der Waals surface area contributed by atoms with Gasteiger partial charge in [0.05, 0.1) is 17.1 Å². The molecule has 152 valence electrons. The van der Waals surface area contributed by atoms with E-state index in [2.05, 4.69) is 10.4 Å². The molecule has 0 radical (unpaired) electrons. The van der Waals surface area contributed by atoms with Crippen molar-refractivity contribution in [3.05, 3.63) is 59.5 Å². The topological polar surface area (TPSA) is 46.9 Å². The molecule has 1 aromatic heterocycles. The number of amides is 1. The van der Waals surface area contributed by atoms with Crippen LogP contribution in [0.5, 0.6) is 0 Å². The van der Waals surface area contributed by atoms with Crippen molar-refractivity contribution in [2.45, 2.75) is 44.3 Å². The predicted molar refractivity (Wildman–Crippen MR) is 101 cm³/mol. The molecule has 8 heteroatoms. The standard InChI is InChI=1S/C21H19F4N3O/c22-16-9-13(8-15(11-16)21(23,24)25)20(29)26-17-6-7-19-14(10-17)12-28(27-19)18-4-2-1-3-5-18/h6-12,18H,1-5H2,(H,26,29). The maximum atomic E-state index is 13.6. The van der Waals surface area contributed by atoms with Crippen LogP contribution in [-0.4, -0.2) is 15.7 Å². The van der Waals surface area contributed by atoms with Gasteiger partial charge in [0.2, 0.25) is 0 Å². The molecule has 1 heterocycles. The number of hydrogen-bond donors (Lipinski definition) is 1. The lowest BCUT2D eigenvalue weighted by molar-refractivity contribution is -0.137. The van der Waals surface area contributed by atoms with Crippen molar-refractivity contribution in [3.8, 4) is 0 Å². The van der Waals surface area contributed by atoms with E-state index in [0.717, 1.165) is 29.8 Å². The summed E-state index contributed by atoms with van der Waals surface area (Å²) < 4.78 is 54.1. The van der Waals surface area contributed by atoms with Crippen LogP contribution in [0.25, 0.3) is 10.9 Å². The van der Waals surface area contributed by atoms with Gasteiger partial charge in [-0.3, -0.25) is 9.48 Å². The van der Waals surface area contributed by atoms with E-state index in [1.165, 1.54) is 19.3 Å². The summed E-state index contributed by atoms with van der Waals surface area (Å²) in [5.41, 5.74) is -0.413. The summed E-state index contributed by atoms with van der Waals surface area (Å²) in [4.78, 5) is 12.4. The molecule has 0 bridgehead atoms. The molecule has 0 aliphatic heterocycles. The van der Waals surface area contributed by atoms with Crippen LogP contribution in [0.3, 0.4) is 0 Å². The molecule has 1 fully saturated rings. The van der Waals surface area contributed by atoms with Crippen molar-refractivity contribution < 1.29 is 22.4 Å². The van der Waals surface area contributed by atoms with Crippen LogP contribution in [0, 0.1) is 5.82 Å². The Morgan fingerprint density at radius 2 is 1.83 bits per heavy atom. The number of hydrogen-bond acceptors (Lipinski definition) is 2. The average molecular weight is 405 g/mol. The van der Waals surface area contributed by atoms with Gasteiger partial charge in [0, 0.05) is 22.8 Å². The van der Waals surface area contributed by atoms with Crippen molar-refractivity contribution in [2.75, 3.05) is 5.32 Å². The summed E-state index contributed by atoms with van der Waals surface area (Å²) >= 11 is 0. The van der Waals surface area contributed by atoms with E-state index in [-0.39, 0.29) is 0 Å². The van der Waals surface area contributed by atoms with Gasteiger partial charge in [0.25, 0.3) is 5.91 Å². The lowest BCUT2D eigenvalue weighted by Gasteiger charge is -2.21. The predicted octanol–water partition coefficient (Wildman–Crippen LogP) is 5.95. The molecule has 3 aromatic rings. The zero-order valence-electron chi connectivity index (χ0n) is 15.5. The van der Waals surface area contributed by atoms with Crippen molar-refractivity contribution in [1.82, 2.24) is 9.78 Å². The number of alkyl halides is 3. The highest BCUT2D eigenvalue weighted by molar-refractivity contribution is 6.05. The molecule has 1 aliphatic rings. The van der Waals surface area contributed by atoms with E-state index in [1.54, 1.807) is 18.2 Å². The number of carbonyl (C=O) groups excluding carboxylic acids is 1. The Labute approximate surface area is 164 Å². The second kappa shape index (κ2) is 7.50.